The molecule has 0 aliphatic heterocycles. The molecule has 0 radical (unpaired) electrons. The third-order valence-corrected chi connectivity index (χ3v) is 2.65. The van der Waals surface area contributed by atoms with E-state index < -0.39 is 10.0 Å². The van der Waals surface area contributed by atoms with Crippen molar-refractivity contribution in [3.63, 3.8) is 0 Å². The predicted octanol–water partition coefficient (Wildman–Crippen LogP) is 0.983. The fourth-order valence-electron chi connectivity index (χ4n) is 1.08. The van der Waals surface area contributed by atoms with Crippen LogP contribution in [-0.4, -0.2) is 15.0 Å². The van der Waals surface area contributed by atoms with Crippen LogP contribution in [-0.2, 0) is 16.6 Å². The first-order chi connectivity index (χ1) is 7.39. The maximum Gasteiger partial charge on any atom is 0.271 e. The monoisotopic (exact) mass is 244 g/mol. The van der Waals surface area contributed by atoms with E-state index in [-0.39, 0.29) is 5.09 Å². The number of allylic oxidation sites excluding steroid dienone is 1. The molecule has 1 heterocycles. The van der Waals surface area contributed by atoms with Crippen LogP contribution in [0.25, 0.3) is 0 Å². The van der Waals surface area contributed by atoms with Crippen LogP contribution in [0.4, 0.5) is 0 Å². The number of hydrogen-bond donors (Lipinski definition) is 2. The number of sulfonamides is 1. The molecule has 1 aromatic rings. The zero-order valence-corrected chi connectivity index (χ0v) is 10.2. The Morgan fingerprint density at radius 1 is 1.50 bits per heavy atom. The van der Waals surface area contributed by atoms with Gasteiger partial charge in [-0.2, -0.15) is 0 Å². The second-order valence-electron chi connectivity index (χ2n) is 3.68. The van der Waals surface area contributed by atoms with E-state index in [1.165, 1.54) is 11.6 Å². The maximum absolute atomic E-state index is 10.9. The molecule has 0 amide bonds. The molecule has 6 heteroatoms. The van der Waals surface area contributed by atoms with Crippen molar-refractivity contribution in [1.29, 1.82) is 0 Å². The number of nitrogens with two attached hydrogens (primary N) is 1. The van der Waals surface area contributed by atoms with E-state index in [2.05, 4.69) is 5.32 Å². The van der Waals surface area contributed by atoms with Crippen molar-refractivity contribution >= 4 is 10.0 Å². The Labute approximate surface area is 95.4 Å². The summed E-state index contributed by atoms with van der Waals surface area (Å²) in [4.78, 5) is 0. The lowest BCUT2D eigenvalue weighted by Gasteiger charge is -1.98. The van der Waals surface area contributed by atoms with Gasteiger partial charge in [-0.15, -0.1) is 0 Å². The van der Waals surface area contributed by atoms with Crippen molar-refractivity contribution in [2.24, 2.45) is 5.14 Å². The Hall–Kier alpha value is -1.11. The Kier molecular flexibility index (Phi) is 4.28. The zero-order valence-electron chi connectivity index (χ0n) is 9.36. The lowest BCUT2D eigenvalue weighted by Crippen LogP contribution is -2.13. The van der Waals surface area contributed by atoms with Gasteiger partial charge >= 0.3 is 0 Å². The van der Waals surface area contributed by atoms with Crippen molar-refractivity contribution in [1.82, 2.24) is 5.32 Å². The second-order valence-corrected chi connectivity index (χ2v) is 5.17. The normalized spacial score (nSPS) is 11.4. The first kappa shape index (κ1) is 13.0. The molecule has 1 rings (SSSR count). The Morgan fingerprint density at radius 2 is 2.19 bits per heavy atom. The van der Waals surface area contributed by atoms with Crippen LogP contribution < -0.4 is 10.5 Å². The molecular formula is C10H16N2O3S. The molecule has 0 saturated heterocycles. The smallest absolute Gasteiger partial charge is 0.271 e. The van der Waals surface area contributed by atoms with E-state index in [1.807, 2.05) is 19.9 Å². The highest BCUT2D eigenvalue weighted by Crippen LogP contribution is 2.11. The minimum atomic E-state index is -3.73. The summed E-state index contributed by atoms with van der Waals surface area (Å²) in [5, 5.41) is 7.80. The third-order valence-electron chi connectivity index (χ3n) is 1.87. The Balaban J connectivity index is 2.51. The standard InChI is InChI=1S/C10H16N2O3S/c1-8(2)5-6-12-7-9-3-4-10(15-9)16(11,13)14/h3-5,12H,6-7H2,1-2H3,(H2,11,13,14). The average Bonchev–Trinajstić information content (AvgIpc) is 2.59. The highest BCUT2D eigenvalue weighted by molar-refractivity contribution is 7.89. The predicted molar refractivity (Wildman–Crippen MR) is 61.2 cm³/mol. The SMILES string of the molecule is CC(C)=CCNCc1ccc(S(N)(=O)=O)o1. The van der Waals surface area contributed by atoms with Gasteiger partial charge in [0.1, 0.15) is 5.76 Å². The lowest BCUT2D eigenvalue weighted by atomic mass is 10.3. The molecule has 0 aromatic carbocycles. The fourth-order valence-corrected chi connectivity index (χ4v) is 1.56. The van der Waals surface area contributed by atoms with E-state index in [0.717, 1.165) is 0 Å². The van der Waals surface area contributed by atoms with E-state index in [0.29, 0.717) is 18.8 Å². The van der Waals surface area contributed by atoms with Gasteiger partial charge in [0, 0.05) is 6.54 Å². The van der Waals surface area contributed by atoms with Gasteiger partial charge in [0.25, 0.3) is 10.0 Å². The van der Waals surface area contributed by atoms with E-state index in [4.69, 9.17) is 9.56 Å². The van der Waals surface area contributed by atoms with Crippen LogP contribution in [0.5, 0.6) is 0 Å². The second kappa shape index (κ2) is 5.29. The molecule has 5 nitrogen and oxygen atoms in total. The quantitative estimate of drug-likeness (QED) is 0.597. The maximum atomic E-state index is 10.9. The van der Waals surface area contributed by atoms with Crippen molar-refractivity contribution < 1.29 is 12.8 Å². The summed E-state index contributed by atoms with van der Waals surface area (Å²) in [6.45, 7) is 5.20. The summed E-state index contributed by atoms with van der Waals surface area (Å²) in [7, 11) is -3.73. The Bertz CT molecular complexity index is 470. The molecule has 0 aliphatic rings. The van der Waals surface area contributed by atoms with Crippen molar-refractivity contribution in [2.75, 3.05) is 6.54 Å². The van der Waals surface area contributed by atoms with Gasteiger partial charge in [-0.3, -0.25) is 0 Å². The third kappa shape index (κ3) is 4.18. The Morgan fingerprint density at radius 3 is 2.69 bits per heavy atom. The highest BCUT2D eigenvalue weighted by Gasteiger charge is 2.12. The van der Waals surface area contributed by atoms with Gasteiger partial charge in [0.2, 0.25) is 5.09 Å². The molecule has 90 valence electrons. The van der Waals surface area contributed by atoms with Crippen LogP contribution in [0.15, 0.2) is 33.3 Å². The summed E-state index contributed by atoms with van der Waals surface area (Å²) >= 11 is 0. The van der Waals surface area contributed by atoms with Crippen LogP contribution in [0.3, 0.4) is 0 Å². The van der Waals surface area contributed by atoms with Crippen LogP contribution in [0.2, 0.25) is 0 Å². The summed E-state index contributed by atoms with van der Waals surface area (Å²) in [5.41, 5.74) is 1.22. The summed E-state index contributed by atoms with van der Waals surface area (Å²) in [5.74, 6) is 0.547. The van der Waals surface area contributed by atoms with Crippen LogP contribution >= 0.6 is 0 Å². The molecule has 0 fully saturated rings. The minimum Gasteiger partial charge on any atom is -0.447 e. The summed E-state index contributed by atoms with van der Waals surface area (Å²) < 4.78 is 26.9. The van der Waals surface area contributed by atoms with E-state index in [9.17, 15) is 8.42 Å². The van der Waals surface area contributed by atoms with Gasteiger partial charge in [0.05, 0.1) is 6.54 Å². The summed E-state index contributed by atoms with van der Waals surface area (Å²) in [6, 6.07) is 2.95. The molecule has 3 N–H and O–H groups in total. The van der Waals surface area contributed by atoms with E-state index >= 15 is 0 Å². The van der Waals surface area contributed by atoms with Crippen LogP contribution in [0, 0.1) is 0 Å². The largest absolute Gasteiger partial charge is 0.447 e. The first-order valence-electron chi connectivity index (χ1n) is 4.85. The summed E-state index contributed by atoms with van der Waals surface area (Å²) in [6.07, 6.45) is 2.03. The topological polar surface area (TPSA) is 85.3 Å². The fraction of sp³-hybridized carbons (Fsp3) is 0.400. The van der Waals surface area contributed by atoms with Gasteiger partial charge in [-0.05, 0) is 26.0 Å². The van der Waals surface area contributed by atoms with Crippen LogP contribution in [0.1, 0.15) is 19.6 Å². The lowest BCUT2D eigenvalue weighted by molar-refractivity contribution is 0.405. The van der Waals surface area contributed by atoms with Gasteiger partial charge in [-0.1, -0.05) is 11.6 Å². The van der Waals surface area contributed by atoms with Gasteiger partial charge in [-0.25, -0.2) is 13.6 Å². The molecule has 0 aliphatic carbocycles. The molecule has 0 atom stereocenters. The molecule has 0 saturated carbocycles. The molecule has 0 spiro atoms. The van der Waals surface area contributed by atoms with Crippen molar-refractivity contribution in [3.8, 4) is 0 Å². The van der Waals surface area contributed by atoms with E-state index in [1.54, 1.807) is 6.07 Å². The number of nitrogens with one attached hydrogen (secondary N) is 1. The minimum absolute atomic E-state index is 0.202. The van der Waals surface area contributed by atoms with Crippen molar-refractivity contribution in [2.45, 2.75) is 25.5 Å². The number of primary sulfonamides is 1. The number of furan rings is 1. The molecule has 16 heavy (non-hydrogen) atoms. The van der Waals surface area contributed by atoms with Gasteiger partial charge < -0.3 is 9.73 Å². The zero-order chi connectivity index (χ0) is 12.2. The van der Waals surface area contributed by atoms with Crippen molar-refractivity contribution in [3.05, 3.63) is 29.5 Å². The molecule has 0 bridgehead atoms. The molecule has 1 aromatic heterocycles. The number of rotatable bonds is 5. The average molecular weight is 244 g/mol. The number of hydrogen-bond acceptors (Lipinski definition) is 4. The first-order valence-corrected chi connectivity index (χ1v) is 6.40. The molecular weight excluding hydrogens is 228 g/mol. The molecule has 0 unspecified atom stereocenters. The highest BCUT2D eigenvalue weighted by atomic mass is 32.2. The van der Waals surface area contributed by atoms with Gasteiger partial charge in [0.15, 0.2) is 0 Å².